The molecule has 6 nitrogen and oxygen atoms in total. The van der Waals surface area contributed by atoms with E-state index in [1.165, 1.54) is 12.4 Å². The van der Waals surface area contributed by atoms with Gasteiger partial charge >= 0.3 is 0 Å². The highest BCUT2D eigenvalue weighted by Gasteiger charge is 2.52. The summed E-state index contributed by atoms with van der Waals surface area (Å²) in [5.74, 6) is -0.00330. The molecule has 0 spiro atoms. The monoisotopic (exact) mass is 342 g/mol. The molecule has 1 aromatic carbocycles. The van der Waals surface area contributed by atoms with E-state index in [0.29, 0.717) is 25.5 Å². The normalized spacial score (nSPS) is 26.5. The average Bonchev–Trinajstić information content (AvgIpc) is 2.66. The second kappa shape index (κ2) is 6.07. The van der Waals surface area contributed by atoms with Crippen LogP contribution in [0, 0.1) is 5.82 Å². The zero-order valence-corrected chi connectivity index (χ0v) is 13.9. The molecule has 7 heteroatoms. The number of carbonyl (C=O) groups is 1. The van der Waals surface area contributed by atoms with Crippen LogP contribution in [0.5, 0.6) is 0 Å². The molecule has 0 N–H and O–H groups in total. The summed E-state index contributed by atoms with van der Waals surface area (Å²) in [7, 11) is 1.84. The lowest BCUT2D eigenvalue weighted by Gasteiger charge is -2.54. The number of rotatable bonds is 2. The Labute approximate surface area is 145 Å². The number of ether oxygens (including phenoxy) is 1. The number of piperidine rings is 1. The highest BCUT2D eigenvalue weighted by Crippen LogP contribution is 2.42. The van der Waals surface area contributed by atoms with Gasteiger partial charge in [-0.25, -0.2) is 14.4 Å². The Hall–Kier alpha value is -2.54. The van der Waals surface area contributed by atoms with E-state index in [1.54, 1.807) is 0 Å². The Morgan fingerprint density at radius 3 is 2.68 bits per heavy atom. The Kier molecular flexibility index (Phi) is 3.88. The van der Waals surface area contributed by atoms with Crippen molar-refractivity contribution < 1.29 is 13.9 Å². The molecule has 3 heterocycles. The summed E-state index contributed by atoms with van der Waals surface area (Å²) in [6.07, 6.45) is 2.81. The van der Waals surface area contributed by atoms with Gasteiger partial charge in [-0.1, -0.05) is 30.3 Å². The van der Waals surface area contributed by atoms with Gasteiger partial charge in [-0.05, 0) is 12.0 Å². The van der Waals surface area contributed by atoms with Crippen LogP contribution >= 0.6 is 0 Å². The lowest BCUT2D eigenvalue weighted by Crippen LogP contribution is -2.67. The molecule has 0 radical (unpaired) electrons. The fraction of sp³-hybridized carbons (Fsp3) is 0.389. The van der Waals surface area contributed by atoms with E-state index in [9.17, 15) is 9.18 Å². The third-order valence-electron chi connectivity index (χ3n) is 5.23. The van der Waals surface area contributed by atoms with Crippen LogP contribution in [-0.4, -0.2) is 53.6 Å². The summed E-state index contributed by atoms with van der Waals surface area (Å²) >= 11 is 0. The number of likely N-dealkylation sites (N-methyl/N-ethyl adjacent to an activating group) is 1. The number of anilines is 1. The molecular weight excluding hydrogens is 323 g/mol. The average molecular weight is 342 g/mol. The Morgan fingerprint density at radius 1 is 1.24 bits per heavy atom. The first-order chi connectivity index (χ1) is 12.1. The molecule has 1 aromatic heterocycles. The van der Waals surface area contributed by atoms with Crippen LogP contribution in [0.4, 0.5) is 10.3 Å². The van der Waals surface area contributed by atoms with E-state index >= 15 is 0 Å². The van der Waals surface area contributed by atoms with E-state index in [-0.39, 0.29) is 18.6 Å². The predicted molar refractivity (Wildman–Crippen MR) is 89.5 cm³/mol. The van der Waals surface area contributed by atoms with Crippen molar-refractivity contribution in [3.05, 3.63) is 54.1 Å². The Morgan fingerprint density at radius 2 is 1.96 bits per heavy atom. The van der Waals surface area contributed by atoms with Crippen LogP contribution in [0.2, 0.25) is 0 Å². The van der Waals surface area contributed by atoms with Crippen LogP contribution in [0.15, 0.2) is 42.7 Å². The van der Waals surface area contributed by atoms with Gasteiger partial charge in [0.1, 0.15) is 12.7 Å². The van der Waals surface area contributed by atoms with Crippen LogP contribution in [0.3, 0.4) is 0 Å². The van der Waals surface area contributed by atoms with Crippen molar-refractivity contribution in [2.45, 2.75) is 18.1 Å². The maximum absolute atomic E-state index is 13.1. The number of amides is 1. The molecule has 25 heavy (non-hydrogen) atoms. The van der Waals surface area contributed by atoms with Gasteiger partial charge in [0.25, 0.3) is 0 Å². The third-order valence-corrected chi connectivity index (χ3v) is 5.23. The van der Waals surface area contributed by atoms with Crippen molar-refractivity contribution in [2.24, 2.45) is 0 Å². The minimum atomic E-state index is -0.507. The molecule has 2 atom stereocenters. The van der Waals surface area contributed by atoms with E-state index in [4.69, 9.17) is 4.74 Å². The molecule has 2 saturated heterocycles. The molecule has 2 aliphatic heterocycles. The number of morpholine rings is 1. The predicted octanol–water partition coefficient (Wildman–Crippen LogP) is 1.58. The zero-order chi connectivity index (χ0) is 17.4. The van der Waals surface area contributed by atoms with Crippen molar-refractivity contribution in [2.75, 3.05) is 31.6 Å². The molecule has 0 unspecified atom stereocenters. The molecule has 0 aliphatic carbocycles. The highest BCUT2D eigenvalue weighted by molar-refractivity contribution is 5.79. The highest BCUT2D eigenvalue weighted by atomic mass is 19.1. The van der Waals surface area contributed by atoms with Gasteiger partial charge in [0.15, 0.2) is 5.82 Å². The first kappa shape index (κ1) is 16.0. The SMILES string of the molecule is CN1C(=O)CO[C@@H]2CN(c3ncc(F)cn3)CC[C@]21c1ccccc1. The van der Waals surface area contributed by atoms with Gasteiger partial charge in [-0.2, -0.15) is 0 Å². The summed E-state index contributed by atoms with van der Waals surface area (Å²) in [4.78, 5) is 24.3. The first-order valence-corrected chi connectivity index (χ1v) is 8.27. The smallest absolute Gasteiger partial charge is 0.249 e. The molecule has 130 valence electrons. The quantitative estimate of drug-likeness (QED) is 0.829. The number of nitrogens with zero attached hydrogens (tertiary/aromatic N) is 4. The van der Waals surface area contributed by atoms with Gasteiger partial charge in [0.2, 0.25) is 11.9 Å². The number of hydrogen-bond acceptors (Lipinski definition) is 5. The Balaban J connectivity index is 1.69. The number of benzene rings is 1. The standard InChI is InChI=1S/C18H19FN4O2/c1-22-16(24)12-25-15-11-23(17-20-9-14(19)10-21-17)8-7-18(15,22)13-5-3-2-4-6-13/h2-6,9-10,15H,7-8,11-12H2,1H3/t15-,18+/m1/s1. The summed E-state index contributed by atoms with van der Waals surface area (Å²) < 4.78 is 19.0. The number of fused-ring (bicyclic) bond motifs is 1. The van der Waals surface area contributed by atoms with Gasteiger partial charge in [0, 0.05) is 20.1 Å². The number of halogens is 1. The van der Waals surface area contributed by atoms with E-state index < -0.39 is 11.4 Å². The fourth-order valence-corrected chi connectivity index (χ4v) is 3.88. The van der Waals surface area contributed by atoms with Crippen molar-refractivity contribution >= 4 is 11.9 Å². The topological polar surface area (TPSA) is 58.6 Å². The molecule has 2 aliphatic rings. The van der Waals surface area contributed by atoms with Crippen molar-refractivity contribution in [1.82, 2.24) is 14.9 Å². The third kappa shape index (κ3) is 2.55. The fourth-order valence-electron chi connectivity index (χ4n) is 3.88. The van der Waals surface area contributed by atoms with Crippen molar-refractivity contribution in [3.8, 4) is 0 Å². The summed E-state index contributed by atoms with van der Waals surface area (Å²) in [6.45, 7) is 1.25. The largest absolute Gasteiger partial charge is 0.364 e. The molecular formula is C18H19FN4O2. The lowest BCUT2D eigenvalue weighted by atomic mass is 9.76. The maximum Gasteiger partial charge on any atom is 0.249 e. The van der Waals surface area contributed by atoms with Gasteiger partial charge < -0.3 is 14.5 Å². The minimum absolute atomic E-state index is 0.0217. The second-order valence-electron chi connectivity index (χ2n) is 6.44. The minimum Gasteiger partial charge on any atom is -0.364 e. The number of aromatic nitrogens is 2. The van der Waals surface area contributed by atoms with E-state index in [2.05, 4.69) is 9.97 Å². The van der Waals surface area contributed by atoms with Crippen LogP contribution < -0.4 is 4.90 Å². The molecule has 0 saturated carbocycles. The summed E-state index contributed by atoms with van der Waals surface area (Å²) in [6, 6.07) is 9.99. The van der Waals surface area contributed by atoms with Gasteiger partial charge in [0.05, 0.1) is 17.9 Å². The molecule has 2 aromatic rings. The first-order valence-electron chi connectivity index (χ1n) is 8.27. The maximum atomic E-state index is 13.1. The molecule has 0 bridgehead atoms. The number of hydrogen-bond donors (Lipinski definition) is 0. The molecule has 1 amide bonds. The second-order valence-corrected chi connectivity index (χ2v) is 6.44. The van der Waals surface area contributed by atoms with E-state index in [0.717, 1.165) is 5.56 Å². The zero-order valence-electron chi connectivity index (χ0n) is 13.9. The van der Waals surface area contributed by atoms with Crippen molar-refractivity contribution in [1.29, 1.82) is 0 Å². The molecule has 2 fully saturated rings. The van der Waals surface area contributed by atoms with Gasteiger partial charge in [-0.3, -0.25) is 4.79 Å². The van der Waals surface area contributed by atoms with Crippen LogP contribution in [-0.2, 0) is 15.1 Å². The van der Waals surface area contributed by atoms with Crippen molar-refractivity contribution in [3.63, 3.8) is 0 Å². The summed E-state index contributed by atoms with van der Waals surface area (Å²) in [5.41, 5.74) is 0.558. The number of carbonyl (C=O) groups excluding carboxylic acids is 1. The lowest BCUT2D eigenvalue weighted by molar-refractivity contribution is -0.173. The van der Waals surface area contributed by atoms with E-state index in [1.807, 2.05) is 47.2 Å². The summed E-state index contributed by atoms with van der Waals surface area (Å²) in [5, 5.41) is 0. The van der Waals surface area contributed by atoms with Gasteiger partial charge in [-0.15, -0.1) is 0 Å². The van der Waals surface area contributed by atoms with Crippen LogP contribution in [0.25, 0.3) is 0 Å². The Bertz CT molecular complexity index is 770. The molecule has 4 rings (SSSR count). The van der Waals surface area contributed by atoms with Crippen LogP contribution in [0.1, 0.15) is 12.0 Å².